The lowest BCUT2D eigenvalue weighted by Gasteiger charge is -2.12. The van der Waals surface area contributed by atoms with Crippen LogP contribution < -0.4 is 10.5 Å². The van der Waals surface area contributed by atoms with Crippen LogP contribution in [0.4, 0.5) is 0 Å². The summed E-state index contributed by atoms with van der Waals surface area (Å²) in [5.74, 6) is 0.869. The summed E-state index contributed by atoms with van der Waals surface area (Å²) in [4.78, 5) is 4.45. The van der Waals surface area contributed by atoms with E-state index >= 15 is 0 Å². The quantitative estimate of drug-likeness (QED) is 0.901. The van der Waals surface area contributed by atoms with Crippen LogP contribution in [0.1, 0.15) is 16.8 Å². The van der Waals surface area contributed by atoms with Crippen molar-refractivity contribution in [2.75, 3.05) is 7.11 Å². The molecule has 0 fully saturated rings. The van der Waals surface area contributed by atoms with Gasteiger partial charge in [-0.15, -0.1) is 0 Å². The molecule has 4 nitrogen and oxygen atoms in total. The maximum atomic E-state index is 5.80. The van der Waals surface area contributed by atoms with Gasteiger partial charge in [-0.05, 0) is 31.0 Å². The standard InChI is InChI=1S/C14H19N3O/c1-9-5-10(2)14(18-4)11(6-9)13-12(7-15)17(3)8-16-13/h5-6,8H,7,15H2,1-4H3. The van der Waals surface area contributed by atoms with Gasteiger partial charge in [0, 0.05) is 19.2 Å². The molecule has 0 radical (unpaired) electrons. The number of rotatable bonds is 3. The average molecular weight is 245 g/mol. The minimum atomic E-state index is 0.460. The number of nitrogens with two attached hydrogens (primary N) is 1. The Morgan fingerprint density at radius 1 is 1.33 bits per heavy atom. The number of aromatic nitrogens is 2. The van der Waals surface area contributed by atoms with E-state index in [1.54, 1.807) is 13.4 Å². The summed E-state index contributed by atoms with van der Waals surface area (Å²) in [5, 5.41) is 0. The molecule has 0 spiro atoms. The van der Waals surface area contributed by atoms with Gasteiger partial charge in [0.25, 0.3) is 0 Å². The summed E-state index contributed by atoms with van der Waals surface area (Å²) in [6, 6.07) is 4.20. The summed E-state index contributed by atoms with van der Waals surface area (Å²) >= 11 is 0. The number of imidazole rings is 1. The van der Waals surface area contributed by atoms with Crippen LogP contribution in [0.5, 0.6) is 5.75 Å². The number of aryl methyl sites for hydroxylation is 3. The molecule has 0 aliphatic heterocycles. The van der Waals surface area contributed by atoms with Gasteiger partial charge < -0.3 is 15.0 Å². The van der Waals surface area contributed by atoms with Crippen molar-refractivity contribution in [2.24, 2.45) is 12.8 Å². The molecule has 2 aromatic rings. The molecule has 4 heteroatoms. The highest BCUT2D eigenvalue weighted by molar-refractivity contribution is 5.72. The molecule has 0 saturated carbocycles. The van der Waals surface area contributed by atoms with Gasteiger partial charge in [-0.3, -0.25) is 0 Å². The zero-order chi connectivity index (χ0) is 13.3. The third-order valence-corrected chi connectivity index (χ3v) is 3.13. The molecule has 0 amide bonds. The second-order valence-electron chi connectivity index (χ2n) is 4.52. The molecular formula is C14H19N3O. The van der Waals surface area contributed by atoms with E-state index in [1.807, 2.05) is 18.5 Å². The van der Waals surface area contributed by atoms with E-state index in [0.717, 1.165) is 28.3 Å². The van der Waals surface area contributed by atoms with Crippen molar-refractivity contribution in [1.82, 2.24) is 9.55 Å². The van der Waals surface area contributed by atoms with Crippen LogP contribution in [-0.2, 0) is 13.6 Å². The van der Waals surface area contributed by atoms with E-state index in [1.165, 1.54) is 5.56 Å². The number of benzene rings is 1. The van der Waals surface area contributed by atoms with Crippen molar-refractivity contribution in [2.45, 2.75) is 20.4 Å². The first-order valence-electron chi connectivity index (χ1n) is 5.94. The molecular weight excluding hydrogens is 226 g/mol. The van der Waals surface area contributed by atoms with Crippen LogP contribution in [-0.4, -0.2) is 16.7 Å². The Balaban J connectivity index is 2.69. The summed E-state index contributed by atoms with van der Waals surface area (Å²) < 4.78 is 7.46. The fourth-order valence-corrected chi connectivity index (χ4v) is 2.32. The smallest absolute Gasteiger partial charge is 0.131 e. The summed E-state index contributed by atoms with van der Waals surface area (Å²) in [6.45, 7) is 4.57. The summed E-state index contributed by atoms with van der Waals surface area (Å²) in [7, 11) is 3.64. The average Bonchev–Trinajstić information content (AvgIpc) is 2.69. The number of methoxy groups -OCH3 is 1. The highest BCUT2D eigenvalue weighted by Crippen LogP contribution is 2.34. The Bertz CT molecular complexity index is 573. The normalized spacial score (nSPS) is 10.7. The van der Waals surface area contributed by atoms with Gasteiger partial charge in [0.2, 0.25) is 0 Å². The third-order valence-electron chi connectivity index (χ3n) is 3.13. The molecule has 2 N–H and O–H groups in total. The van der Waals surface area contributed by atoms with E-state index < -0.39 is 0 Å². The van der Waals surface area contributed by atoms with Crippen LogP contribution in [0.25, 0.3) is 11.3 Å². The molecule has 0 aliphatic rings. The Hall–Kier alpha value is -1.81. The van der Waals surface area contributed by atoms with Crippen molar-refractivity contribution < 1.29 is 4.74 Å². The second-order valence-corrected chi connectivity index (χ2v) is 4.52. The van der Waals surface area contributed by atoms with E-state index in [4.69, 9.17) is 10.5 Å². The molecule has 1 aromatic carbocycles. The van der Waals surface area contributed by atoms with Crippen molar-refractivity contribution in [3.63, 3.8) is 0 Å². The fraction of sp³-hybridized carbons (Fsp3) is 0.357. The zero-order valence-electron chi connectivity index (χ0n) is 11.3. The van der Waals surface area contributed by atoms with Crippen LogP contribution in [0.2, 0.25) is 0 Å². The molecule has 0 saturated heterocycles. The van der Waals surface area contributed by atoms with Crippen LogP contribution in [0.15, 0.2) is 18.5 Å². The molecule has 0 unspecified atom stereocenters. The van der Waals surface area contributed by atoms with E-state index in [-0.39, 0.29) is 0 Å². The van der Waals surface area contributed by atoms with E-state index in [2.05, 4.69) is 24.0 Å². The number of hydrogen-bond donors (Lipinski definition) is 1. The number of ether oxygens (including phenoxy) is 1. The first kappa shape index (κ1) is 12.6. The van der Waals surface area contributed by atoms with Gasteiger partial charge in [0.15, 0.2) is 0 Å². The molecule has 0 aliphatic carbocycles. The minimum Gasteiger partial charge on any atom is -0.496 e. The Labute approximate surface area is 107 Å². The molecule has 0 atom stereocenters. The predicted molar refractivity (Wildman–Crippen MR) is 72.6 cm³/mol. The van der Waals surface area contributed by atoms with Crippen LogP contribution in [0.3, 0.4) is 0 Å². The van der Waals surface area contributed by atoms with Gasteiger partial charge in [-0.2, -0.15) is 0 Å². The summed E-state index contributed by atoms with van der Waals surface area (Å²) in [6.07, 6.45) is 1.79. The molecule has 2 rings (SSSR count). The van der Waals surface area contributed by atoms with Gasteiger partial charge in [0.05, 0.1) is 24.8 Å². The Kier molecular flexibility index (Phi) is 3.39. The minimum absolute atomic E-state index is 0.460. The summed E-state index contributed by atoms with van der Waals surface area (Å²) in [5.41, 5.74) is 11.0. The SMILES string of the molecule is COc1c(C)cc(C)cc1-c1ncn(C)c1CN. The van der Waals surface area contributed by atoms with Crippen LogP contribution >= 0.6 is 0 Å². The van der Waals surface area contributed by atoms with Gasteiger partial charge in [0.1, 0.15) is 5.75 Å². The van der Waals surface area contributed by atoms with Crippen molar-refractivity contribution in [1.29, 1.82) is 0 Å². The molecule has 1 heterocycles. The first-order valence-corrected chi connectivity index (χ1v) is 5.94. The topological polar surface area (TPSA) is 53.1 Å². The van der Waals surface area contributed by atoms with Crippen molar-refractivity contribution in [3.8, 4) is 17.0 Å². The monoisotopic (exact) mass is 245 g/mol. The maximum Gasteiger partial charge on any atom is 0.131 e. The Morgan fingerprint density at radius 3 is 2.67 bits per heavy atom. The second kappa shape index (κ2) is 4.82. The third kappa shape index (κ3) is 1.99. The highest BCUT2D eigenvalue weighted by atomic mass is 16.5. The van der Waals surface area contributed by atoms with Crippen molar-refractivity contribution >= 4 is 0 Å². The molecule has 96 valence electrons. The highest BCUT2D eigenvalue weighted by Gasteiger charge is 2.16. The van der Waals surface area contributed by atoms with Gasteiger partial charge in [-0.25, -0.2) is 4.98 Å². The molecule has 0 bridgehead atoms. The Morgan fingerprint density at radius 2 is 2.06 bits per heavy atom. The fourth-order valence-electron chi connectivity index (χ4n) is 2.32. The van der Waals surface area contributed by atoms with Gasteiger partial charge >= 0.3 is 0 Å². The van der Waals surface area contributed by atoms with Gasteiger partial charge in [-0.1, -0.05) is 6.07 Å². The van der Waals surface area contributed by atoms with E-state index in [9.17, 15) is 0 Å². The lowest BCUT2D eigenvalue weighted by Crippen LogP contribution is -2.05. The zero-order valence-corrected chi connectivity index (χ0v) is 11.3. The number of nitrogens with zero attached hydrogens (tertiary/aromatic N) is 2. The largest absolute Gasteiger partial charge is 0.496 e. The number of hydrogen-bond acceptors (Lipinski definition) is 3. The molecule has 1 aromatic heterocycles. The predicted octanol–water partition coefficient (Wildman–Crippen LogP) is 2.17. The first-order chi connectivity index (χ1) is 8.58. The lowest BCUT2D eigenvalue weighted by molar-refractivity contribution is 0.413. The van der Waals surface area contributed by atoms with Crippen molar-refractivity contribution in [3.05, 3.63) is 35.3 Å². The maximum absolute atomic E-state index is 5.80. The van der Waals surface area contributed by atoms with E-state index in [0.29, 0.717) is 6.54 Å². The lowest BCUT2D eigenvalue weighted by atomic mass is 10.0. The van der Waals surface area contributed by atoms with Crippen LogP contribution in [0, 0.1) is 13.8 Å². The molecule has 18 heavy (non-hydrogen) atoms.